The topological polar surface area (TPSA) is 71.2 Å². The van der Waals surface area contributed by atoms with Crippen molar-refractivity contribution in [1.29, 1.82) is 0 Å². The van der Waals surface area contributed by atoms with Gasteiger partial charge in [-0.3, -0.25) is 15.1 Å². The van der Waals surface area contributed by atoms with Gasteiger partial charge in [-0.1, -0.05) is 0 Å². The lowest BCUT2D eigenvalue weighted by molar-refractivity contribution is 0.0957. The molecule has 0 aromatic carbocycles. The maximum Gasteiger partial charge on any atom is 0.275 e. The maximum absolute atomic E-state index is 11.5. The standard InChI is InChI=1S/C12H16N4OS2/c1-8-9(3-11(19-8)12(17)15-13)4-16(2)5-10-6-18-7-14-10/h3,6-7H,4-5,13H2,1-2H3,(H,15,17). The van der Waals surface area contributed by atoms with Crippen molar-refractivity contribution in [2.45, 2.75) is 20.0 Å². The second kappa shape index (κ2) is 6.25. The van der Waals surface area contributed by atoms with Gasteiger partial charge in [-0.05, 0) is 25.6 Å². The molecule has 2 rings (SSSR count). The Bertz CT molecular complexity index is 550. The number of nitrogens with one attached hydrogen (secondary N) is 1. The van der Waals surface area contributed by atoms with Crippen molar-refractivity contribution in [3.63, 3.8) is 0 Å². The van der Waals surface area contributed by atoms with Crippen LogP contribution in [-0.2, 0) is 13.1 Å². The van der Waals surface area contributed by atoms with E-state index in [9.17, 15) is 4.79 Å². The predicted molar refractivity (Wildman–Crippen MR) is 78.0 cm³/mol. The van der Waals surface area contributed by atoms with E-state index in [-0.39, 0.29) is 5.91 Å². The van der Waals surface area contributed by atoms with E-state index in [1.807, 2.05) is 30.9 Å². The highest BCUT2D eigenvalue weighted by Gasteiger charge is 2.13. The monoisotopic (exact) mass is 296 g/mol. The molecule has 0 aliphatic heterocycles. The fourth-order valence-electron chi connectivity index (χ4n) is 1.80. The molecule has 2 aromatic rings. The molecule has 0 saturated heterocycles. The fourth-order valence-corrected chi connectivity index (χ4v) is 3.29. The van der Waals surface area contributed by atoms with Gasteiger partial charge in [0.25, 0.3) is 5.91 Å². The number of rotatable bonds is 5. The number of amides is 1. The maximum atomic E-state index is 11.5. The molecule has 2 heterocycles. The molecule has 7 heteroatoms. The van der Waals surface area contributed by atoms with E-state index < -0.39 is 0 Å². The highest BCUT2D eigenvalue weighted by Crippen LogP contribution is 2.23. The Hall–Kier alpha value is -1.28. The molecule has 0 aliphatic rings. The zero-order valence-corrected chi connectivity index (χ0v) is 12.5. The van der Waals surface area contributed by atoms with E-state index in [0.29, 0.717) is 4.88 Å². The summed E-state index contributed by atoms with van der Waals surface area (Å²) >= 11 is 3.06. The first-order valence-corrected chi connectivity index (χ1v) is 7.52. The summed E-state index contributed by atoms with van der Waals surface area (Å²) in [6, 6.07) is 1.90. The Balaban J connectivity index is 2.02. The van der Waals surface area contributed by atoms with Crippen LogP contribution in [0.15, 0.2) is 17.0 Å². The van der Waals surface area contributed by atoms with Crippen LogP contribution >= 0.6 is 22.7 Å². The molecule has 102 valence electrons. The van der Waals surface area contributed by atoms with Crippen molar-refractivity contribution < 1.29 is 4.79 Å². The van der Waals surface area contributed by atoms with E-state index in [1.54, 1.807) is 11.3 Å². The molecule has 0 bridgehead atoms. The van der Waals surface area contributed by atoms with E-state index in [1.165, 1.54) is 11.3 Å². The lowest BCUT2D eigenvalue weighted by atomic mass is 10.2. The summed E-state index contributed by atoms with van der Waals surface area (Å²) in [5.74, 6) is 4.91. The van der Waals surface area contributed by atoms with Crippen LogP contribution in [-0.4, -0.2) is 22.8 Å². The van der Waals surface area contributed by atoms with Gasteiger partial charge in [0.15, 0.2) is 0 Å². The number of thiazole rings is 1. The summed E-state index contributed by atoms with van der Waals surface area (Å²) in [4.78, 5) is 19.7. The van der Waals surface area contributed by atoms with Gasteiger partial charge in [0.2, 0.25) is 0 Å². The zero-order valence-electron chi connectivity index (χ0n) is 10.8. The van der Waals surface area contributed by atoms with Crippen LogP contribution in [0.2, 0.25) is 0 Å². The number of carbonyl (C=O) groups excluding carboxylic acids is 1. The predicted octanol–water partition coefficient (Wildman–Crippen LogP) is 1.75. The van der Waals surface area contributed by atoms with Gasteiger partial charge in [0, 0.05) is 23.3 Å². The summed E-state index contributed by atoms with van der Waals surface area (Å²) in [5.41, 5.74) is 6.22. The van der Waals surface area contributed by atoms with Crippen molar-refractivity contribution in [3.05, 3.63) is 38.0 Å². The van der Waals surface area contributed by atoms with Crippen LogP contribution in [0.1, 0.15) is 25.8 Å². The molecule has 2 aromatic heterocycles. The van der Waals surface area contributed by atoms with Crippen LogP contribution in [0.25, 0.3) is 0 Å². The fraction of sp³-hybridized carbons (Fsp3) is 0.333. The largest absolute Gasteiger partial charge is 0.296 e. The van der Waals surface area contributed by atoms with Crippen LogP contribution in [0.5, 0.6) is 0 Å². The number of nitrogens with two attached hydrogens (primary N) is 1. The average molecular weight is 296 g/mol. The Morgan fingerprint density at radius 1 is 1.53 bits per heavy atom. The smallest absolute Gasteiger partial charge is 0.275 e. The van der Waals surface area contributed by atoms with Crippen LogP contribution in [0, 0.1) is 6.92 Å². The molecule has 0 aliphatic carbocycles. The highest BCUT2D eigenvalue weighted by molar-refractivity contribution is 7.14. The molecule has 0 unspecified atom stereocenters. The number of hydrazine groups is 1. The van der Waals surface area contributed by atoms with Crippen LogP contribution < -0.4 is 11.3 Å². The molecule has 1 amide bonds. The molecule has 3 N–H and O–H groups in total. The zero-order chi connectivity index (χ0) is 13.8. The minimum absolute atomic E-state index is 0.235. The van der Waals surface area contributed by atoms with Crippen molar-refractivity contribution >= 4 is 28.6 Å². The van der Waals surface area contributed by atoms with Gasteiger partial charge in [-0.15, -0.1) is 22.7 Å². The van der Waals surface area contributed by atoms with Gasteiger partial charge in [-0.2, -0.15) is 0 Å². The van der Waals surface area contributed by atoms with Crippen LogP contribution in [0.4, 0.5) is 0 Å². The highest BCUT2D eigenvalue weighted by atomic mass is 32.1. The molecule has 19 heavy (non-hydrogen) atoms. The molecule has 0 atom stereocenters. The number of hydrogen-bond acceptors (Lipinski definition) is 6. The third kappa shape index (κ3) is 3.60. The molecular formula is C12H16N4OS2. The second-order valence-corrected chi connectivity index (χ2v) is 6.29. The molecule has 5 nitrogen and oxygen atoms in total. The summed E-state index contributed by atoms with van der Waals surface area (Å²) in [5, 5.41) is 2.05. The average Bonchev–Trinajstić information content (AvgIpc) is 2.99. The van der Waals surface area contributed by atoms with Gasteiger partial charge in [0.1, 0.15) is 0 Å². The normalized spacial score (nSPS) is 10.9. The van der Waals surface area contributed by atoms with Gasteiger partial charge >= 0.3 is 0 Å². The van der Waals surface area contributed by atoms with Crippen molar-refractivity contribution in [3.8, 4) is 0 Å². The SMILES string of the molecule is Cc1sc(C(=O)NN)cc1CN(C)Cc1cscn1. The number of aromatic nitrogens is 1. The summed E-state index contributed by atoms with van der Waals surface area (Å²) < 4.78 is 0. The van der Waals surface area contributed by atoms with Crippen LogP contribution in [0.3, 0.4) is 0 Å². The number of hydrogen-bond donors (Lipinski definition) is 2. The van der Waals surface area contributed by atoms with Crippen molar-refractivity contribution in [1.82, 2.24) is 15.3 Å². The summed E-state index contributed by atoms with van der Waals surface area (Å²) in [6.45, 7) is 3.61. The van der Waals surface area contributed by atoms with Gasteiger partial charge < -0.3 is 0 Å². The summed E-state index contributed by atoms with van der Waals surface area (Å²) in [7, 11) is 2.04. The first-order valence-electron chi connectivity index (χ1n) is 5.76. The Kier molecular flexibility index (Phi) is 4.65. The first kappa shape index (κ1) is 14.1. The Labute approximate surface area is 120 Å². The quantitative estimate of drug-likeness (QED) is 0.501. The van der Waals surface area contributed by atoms with Gasteiger partial charge in [-0.25, -0.2) is 10.8 Å². The van der Waals surface area contributed by atoms with Crippen molar-refractivity contribution in [2.75, 3.05) is 7.05 Å². The van der Waals surface area contributed by atoms with Gasteiger partial charge in [0.05, 0.1) is 16.1 Å². The molecule has 0 fully saturated rings. The van der Waals surface area contributed by atoms with E-state index in [4.69, 9.17) is 5.84 Å². The lowest BCUT2D eigenvalue weighted by Gasteiger charge is -2.14. The number of aryl methyl sites for hydroxylation is 1. The Morgan fingerprint density at radius 3 is 2.95 bits per heavy atom. The third-order valence-corrected chi connectivity index (χ3v) is 4.46. The van der Waals surface area contributed by atoms with E-state index in [0.717, 1.165) is 29.2 Å². The summed E-state index contributed by atoms with van der Waals surface area (Å²) in [6.07, 6.45) is 0. The number of thiophene rings is 1. The van der Waals surface area contributed by atoms with Crippen molar-refractivity contribution in [2.24, 2.45) is 5.84 Å². The van der Waals surface area contributed by atoms with E-state index in [2.05, 4.69) is 15.3 Å². The minimum Gasteiger partial charge on any atom is -0.296 e. The third-order valence-electron chi connectivity index (χ3n) is 2.73. The number of nitrogen functional groups attached to an aromatic ring is 1. The molecule has 0 saturated carbocycles. The lowest BCUT2D eigenvalue weighted by Crippen LogP contribution is -2.29. The first-order chi connectivity index (χ1) is 9.10. The Morgan fingerprint density at radius 2 is 2.32 bits per heavy atom. The second-order valence-electron chi connectivity index (χ2n) is 4.32. The number of carbonyl (C=O) groups is 1. The van der Waals surface area contributed by atoms with E-state index >= 15 is 0 Å². The minimum atomic E-state index is -0.235. The number of nitrogens with zero attached hydrogens (tertiary/aromatic N) is 2. The molecule has 0 spiro atoms. The molecule has 0 radical (unpaired) electrons. The molecular weight excluding hydrogens is 280 g/mol.